The van der Waals surface area contributed by atoms with E-state index in [0.717, 1.165) is 0 Å². The topological polar surface area (TPSA) is 94.6 Å². The third-order valence-corrected chi connectivity index (χ3v) is 2.38. The predicted octanol–water partition coefficient (Wildman–Crippen LogP) is 2.83. The molecule has 0 saturated heterocycles. The van der Waals surface area contributed by atoms with E-state index in [1.54, 1.807) is 27.7 Å². The number of carbonyl (C=O) groups is 3. The minimum atomic E-state index is -1.08. The zero-order chi connectivity index (χ0) is 16.9. The van der Waals surface area contributed by atoms with Crippen LogP contribution < -0.4 is 5.32 Å². The molecule has 1 rings (SSSR count). The first kappa shape index (κ1) is 17.9. The van der Waals surface area contributed by atoms with Gasteiger partial charge in [0.2, 0.25) is 0 Å². The molecule has 1 heterocycles. The molecule has 1 amide bonds. The number of amides is 1. The standard InChI is InChI=1S/C14H17ClN2O5/c1-5-21-12(19)11(18)10-8(6-7-9(15)17-10)16-13(20)22-14(2,3)4/h6-7H,5H2,1-4H3,(H,16,20). The largest absolute Gasteiger partial charge is 0.460 e. The maximum atomic E-state index is 12.0. The van der Waals surface area contributed by atoms with Crippen LogP contribution in [0.3, 0.4) is 0 Å². The number of Topliss-reactive ketones (excluding diaryl/α,β-unsaturated/α-hetero) is 1. The van der Waals surface area contributed by atoms with Crippen LogP contribution in [0.15, 0.2) is 12.1 Å². The summed E-state index contributed by atoms with van der Waals surface area (Å²) in [6.07, 6.45) is -0.783. The van der Waals surface area contributed by atoms with Crippen molar-refractivity contribution in [1.82, 2.24) is 4.98 Å². The number of aromatic nitrogens is 1. The van der Waals surface area contributed by atoms with Crippen LogP contribution >= 0.6 is 11.6 Å². The molecule has 0 radical (unpaired) electrons. The quantitative estimate of drug-likeness (QED) is 0.395. The Morgan fingerprint density at radius 1 is 1.27 bits per heavy atom. The van der Waals surface area contributed by atoms with Crippen LogP contribution in [-0.4, -0.2) is 35.0 Å². The monoisotopic (exact) mass is 328 g/mol. The lowest BCUT2D eigenvalue weighted by Gasteiger charge is -2.20. The van der Waals surface area contributed by atoms with E-state index in [0.29, 0.717) is 0 Å². The van der Waals surface area contributed by atoms with Gasteiger partial charge in [-0.05, 0) is 39.8 Å². The molecule has 1 aromatic heterocycles. The number of esters is 1. The van der Waals surface area contributed by atoms with Crippen molar-refractivity contribution in [2.75, 3.05) is 11.9 Å². The van der Waals surface area contributed by atoms with E-state index in [2.05, 4.69) is 15.0 Å². The van der Waals surface area contributed by atoms with E-state index in [1.807, 2.05) is 0 Å². The first-order chi connectivity index (χ1) is 10.1. The van der Waals surface area contributed by atoms with E-state index in [4.69, 9.17) is 16.3 Å². The number of anilines is 1. The van der Waals surface area contributed by atoms with E-state index >= 15 is 0 Å². The molecule has 0 atom stereocenters. The van der Waals surface area contributed by atoms with Gasteiger partial charge in [-0.2, -0.15) is 0 Å². The number of ether oxygens (including phenoxy) is 2. The normalized spacial score (nSPS) is 10.8. The highest BCUT2D eigenvalue weighted by Crippen LogP contribution is 2.19. The third kappa shape index (κ3) is 5.33. The second-order valence-corrected chi connectivity index (χ2v) is 5.59. The molecule has 0 bridgehead atoms. The Hall–Kier alpha value is -2.15. The molecule has 0 aliphatic rings. The lowest BCUT2D eigenvalue weighted by atomic mass is 10.2. The Labute approximate surface area is 133 Å². The first-order valence-corrected chi connectivity index (χ1v) is 6.90. The number of hydrogen-bond acceptors (Lipinski definition) is 6. The minimum absolute atomic E-state index is 0.00221. The summed E-state index contributed by atoms with van der Waals surface area (Å²) in [4.78, 5) is 39.0. The molecule has 0 spiro atoms. The zero-order valence-electron chi connectivity index (χ0n) is 12.7. The molecule has 0 aliphatic heterocycles. The van der Waals surface area contributed by atoms with Gasteiger partial charge in [0.25, 0.3) is 5.78 Å². The van der Waals surface area contributed by atoms with E-state index in [9.17, 15) is 14.4 Å². The Balaban J connectivity index is 3.03. The molecule has 8 heteroatoms. The number of carbonyl (C=O) groups excluding carboxylic acids is 3. The highest BCUT2D eigenvalue weighted by Gasteiger charge is 2.25. The van der Waals surface area contributed by atoms with Crippen LogP contribution in [0.1, 0.15) is 38.2 Å². The molecule has 0 aromatic carbocycles. The summed E-state index contributed by atoms with van der Waals surface area (Å²) < 4.78 is 9.70. The maximum absolute atomic E-state index is 12.0. The smallest absolute Gasteiger partial charge is 0.412 e. The van der Waals surface area contributed by atoms with Crippen molar-refractivity contribution in [2.24, 2.45) is 0 Å². The summed E-state index contributed by atoms with van der Waals surface area (Å²) in [6.45, 7) is 6.68. The minimum Gasteiger partial charge on any atom is -0.460 e. The van der Waals surface area contributed by atoms with Gasteiger partial charge in [0, 0.05) is 0 Å². The molecule has 0 unspecified atom stereocenters. The van der Waals surface area contributed by atoms with Gasteiger partial charge in [0.1, 0.15) is 16.4 Å². The molecule has 120 valence electrons. The second kappa shape index (κ2) is 7.22. The molecule has 1 N–H and O–H groups in total. The van der Waals surface area contributed by atoms with Crippen molar-refractivity contribution in [1.29, 1.82) is 0 Å². The molecule has 0 aliphatic carbocycles. The van der Waals surface area contributed by atoms with Crippen LogP contribution in [0, 0.1) is 0 Å². The Morgan fingerprint density at radius 2 is 1.91 bits per heavy atom. The summed E-state index contributed by atoms with van der Waals surface area (Å²) in [7, 11) is 0. The van der Waals surface area contributed by atoms with Gasteiger partial charge in [-0.15, -0.1) is 0 Å². The van der Waals surface area contributed by atoms with Crippen LogP contribution in [0.4, 0.5) is 10.5 Å². The van der Waals surface area contributed by atoms with Gasteiger partial charge in [-0.25, -0.2) is 14.6 Å². The first-order valence-electron chi connectivity index (χ1n) is 6.52. The number of pyridine rings is 1. The number of hydrogen-bond donors (Lipinski definition) is 1. The van der Waals surface area contributed by atoms with E-state index < -0.39 is 23.4 Å². The number of halogens is 1. The van der Waals surface area contributed by atoms with Gasteiger partial charge >= 0.3 is 12.1 Å². The van der Waals surface area contributed by atoms with Crippen molar-refractivity contribution < 1.29 is 23.9 Å². The van der Waals surface area contributed by atoms with Gasteiger partial charge in [-0.3, -0.25) is 10.1 Å². The number of nitrogens with zero attached hydrogens (tertiary/aromatic N) is 1. The predicted molar refractivity (Wildman–Crippen MR) is 80.1 cm³/mol. The Bertz CT molecular complexity index is 595. The lowest BCUT2D eigenvalue weighted by molar-refractivity contribution is -0.137. The molecule has 22 heavy (non-hydrogen) atoms. The third-order valence-electron chi connectivity index (χ3n) is 2.17. The summed E-state index contributed by atoms with van der Waals surface area (Å²) in [5.74, 6) is -2.08. The summed E-state index contributed by atoms with van der Waals surface area (Å²) in [6, 6.07) is 2.72. The molecule has 0 fully saturated rings. The molecule has 7 nitrogen and oxygen atoms in total. The lowest BCUT2D eigenvalue weighted by Crippen LogP contribution is -2.28. The number of ketones is 1. The molecular weight excluding hydrogens is 312 g/mol. The summed E-state index contributed by atoms with van der Waals surface area (Å²) in [5, 5.41) is 2.36. The number of nitrogens with one attached hydrogen (secondary N) is 1. The fraction of sp³-hybridized carbons (Fsp3) is 0.429. The van der Waals surface area contributed by atoms with Crippen LogP contribution in [-0.2, 0) is 14.3 Å². The SMILES string of the molecule is CCOC(=O)C(=O)c1nc(Cl)ccc1NC(=O)OC(C)(C)C. The number of rotatable bonds is 4. The fourth-order valence-corrected chi connectivity index (χ4v) is 1.56. The Kier molecular flexibility index (Phi) is 5.87. The van der Waals surface area contributed by atoms with Crippen LogP contribution in [0.2, 0.25) is 5.15 Å². The summed E-state index contributed by atoms with van der Waals surface area (Å²) in [5.41, 5.74) is -1.01. The van der Waals surface area contributed by atoms with Crippen LogP contribution in [0.5, 0.6) is 0 Å². The average Bonchev–Trinajstić information content (AvgIpc) is 2.38. The highest BCUT2D eigenvalue weighted by atomic mass is 35.5. The molecule has 0 saturated carbocycles. The molecular formula is C14H17ClN2O5. The van der Waals surface area contributed by atoms with E-state index in [-0.39, 0.29) is 23.1 Å². The van der Waals surface area contributed by atoms with Crippen LogP contribution in [0.25, 0.3) is 0 Å². The molecule has 1 aromatic rings. The fourth-order valence-electron chi connectivity index (χ4n) is 1.42. The van der Waals surface area contributed by atoms with Gasteiger partial charge in [0.05, 0.1) is 12.3 Å². The van der Waals surface area contributed by atoms with Gasteiger partial charge < -0.3 is 9.47 Å². The Morgan fingerprint density at radius 3 is 2.45 bits per heavy atom. The average molecular weight is 329 g/mol. The van der Waals surface area contributed by atoms with Crippen molar-refractivity contribution in [3.8, 4) is 0 Å². The van der Waals surface area contributed by atoms with Crippen molar-refractivity contribution in [2.45, 2.75) is 33.3 Å². The zero-order valence-corrected chi connectivity index (χ0v) is 13.5. The van der Waals surface area contributed by atoms with Gasteiger partial charge in [-0.1, -0.05) is 11.6 Å². The van der Waals surface area contributed by atoms with Gasteiger partial charge in [0.15, 0.2) is 0 Å². The van der Waals surface area contributed by atoms with E-state index in [1.165, 1.54) is 12.1 Å². The second-order valence-electron chi connectivity index (χ2n) is 5.21. The van der Waals surface area contributed by atoms with Crippen molar-refractivity contribution in [3.05, 3.63) is 23.0 Å². The van der Waals surface area contributed by atoms with Crippen molar-refractivity contribution in [3.63, 3.8) is 0 Å². The maximum Gasteiger partial charge on any atom is 0.412 e. The summed E-state index contributed by atoms with van der Waals surface area (Å²) >= 11 is 5.73. The van der Waals surface area contributed by atoms with Crippen molar-refractivity contribution >= 4 is 35.1 Å². The highest BCUT2D eigenvalue weighted by molar-refractivity contribution is 6.41.